The van der Waals surface area contributed by atoms with E-state index in [4.69, 9.17) is 14.2 Å². The zero-order valence-electron chi connectivity index (χ0n) is 19.1. The summed E-state index contributed by atoms with van der Waals surface area (Å²) in [5.74, 6) is 2.00. The quantitative estimate of drug-likeness (QED) is 0.441. The number of benzene rings is 3. The lowest BCUT2D eigenvalue weighted by atomic mass is 10.2. The van der Waals surface area contributed by atoms with E-state index in [1.54, 1.807) is 36.3 Å². The third-order valence-electron chi connectivity index (χ3n) is 5.44. The maximum Gasteiger partial charge on any atom is 0.260 e. The SMILES string of the molecule is COc1ccccc1OCC(=O)N(CCC(=O)Nc1ccccc1Oc1ccccc1)C1CC1. The molecule has 0 saturated heterocycles. The molecule has 1 N–H and O–H groups in total. The fourth-order valence-corrected chi connectivity index (χ4v) is 3.57. The second-order valence-corrected chi connectivity index (χ2v) is 7.97. The number of anilines is 1. The highest BCUT2D eigenvalue weighted by Crippen LogP contribution is 2.30. The predicted octanol–water partition coefficient (Wildman–Crippen LogP) is 4.89. The Hall–Kier alpha value is -4.00. The van der Waals surface area contributed by atoms with Crippen LogP contribution >= 0.6 is 0 Å². The summed E-state index contributed by atoms with van der Waals surface area (Å²) in [5, 5.41) is 2.91. The van der Waals surface area contributed by atoms with Crippen LogP contribution in [0.2, 0.25) is 0 Å². The predicted molar refractivity (Wildman–Crippen MR) is 129 cm³/mol. The Morgan fingerprint density at radius 3 is 2.24 bits per heavy atom. The van der Waals surface area contributed by atoms with Crippen LogP contribution in [0.5, 0.6) is 23.0 Å². The minimum Gasteiger partial charge on any atom is -0.493 e. The molecule has 0 heterocycles. The molecule has 0 radical (unpaired) electrons. The standard InChI is InChI=1S/C27H28N2O5/c1-32-24-13-7-8-14-25(24)33-19-27(31)29(20-15-16-20)18-17-26(30)28-22-11-5-6-12-23(22)34-21-9-3-2-4-10-21/h2-14,20H,15-19H2,1H3,(H,28,30). The molecular formula is C27H28N2O5. The number of ether oxygens (including phenoxy) is 3. The number of amides is 2. The summed E-state index contributed by atoms with van der Waals surface area (Å²) in [7, 11) is 1.56. The van der Waals surface area contributed by atoms with Crippen LogP contribution in [0.4, 0.5) is 5.69 Å². The zero-order chi connectivity index (χ0) is 23.8. The summed E-state index contributed by atoms with van der Waals surface area (Å²) in [5.41, 5.74) is 0.583. The van der Waals surface area contributed by atoms with Gasteiger partial charge in [0.05, 0.1) is 12.8 Å². The molecule has 1 aliphatic carbocycles. The monoisotopic (exact) mass is 460 g/mol. The summed E-state index contributed by atoms with van der Waals surface area (Å²) in [6.45, 7) is 0.221. The Kier molecular flexibility index (Phi) is 7.65. The van der Waals surface area contributed by atoms with Gasteiger partial charge in [0.25, 0.3) is 5.91 Å². The number of para-hydroxylation sites is 5. The number of hydrogen-bond acceptors (Lipinski definition) is 5. The van der Waals surface area contributed by atoms with Crippen molar-refractivity contribution in [3.8, 4) is 23.0 Å². The van der Waals surface area contributed by atoms with Crippen LogP contribution in [0.25, 0.3) is 0 Å². The van der Waals surface area contributed by atoms with Gasteiger partial charge >= 0.3 is 0 Å². The van der Waals surface area contributed by atoms with E-state index in [9.17, 15) is 9.59 Å². The Labute approximate surface area is 199 Å². The topological polar surface area (TPSA) is 77.1 Å². The molecule has 0 unspecified atom stereocenters. The largest absolute Gasteiger partial charge is 0.493 e. The van der Waals surface area contributed by atoms with E-state index >= 15 is 0 Å². The maximum atomic E-state index is 12.8. The highest BCUT2D eigenvalue weighted by atomic mass is 16.5. The fraction of sp³-hybridized carbons (Fsp3) is 0.259. The van der Waals surface area contributed by atoms with Crippen molar-refractivity contribution in [2.75, 3.05) is 25.6 Å². The van der Waals surface area contributed by atoms with Crippen LogP contribution in [0.1, 0.15) is 19.3 Å². The van der Waals surface area contributed by atoms with Crippen molar-refractivity contribution in [1.82, 2.24) is 4.90 Å². The van der Waals surface area contributed by atoms with Crippen molar-refractivity contribution < 1.29 is 23.8 Å². The van der Waals surface area contributed by atoms with Crippen LogP contribution in [-0.2, 0) is 9.59 Å². The van der Waals surface area contributed by atoms with E-state index in [-0.39, 0.29) is 30.9 Å². The average molecular weight is 461 g/mol. The molecule has 0 spiro atoms. The van der Waals surface area contributed by atoms with E-state index < -0.39 is 0 Å². The Morgan fingerprint density at radius 1 is 0.882 bits per heavy atom. The van der Waals surface area contributed by atoms with Crippen LogP contribution in [0, 0.1) is 0 Å². The zero-order valence-corrected chi connectivity index (χ0v) is 19.1. The van der Waals surface area contributed by atoms with Crippen molar-refractivity contribution in [2.45, 2.75) is 25.3 Å². The minimum absolute atomic E-state index is 0.105. The molecule has 7 nitrogen and oxygen atoms in total. The van der Waals surface area contributed by atoms with Crippen molar-refractivity contribution in [2.24, 2.45) is 0 Å². The van der Waals surface area contributed by atoms with Gasteiger partial charge in [-0.3, -0.25) is 9.59 Å². The van der Waals surface area contributed by atoms with Gasteiger partial charge in [0, 0.05) is 19.0 Å². The van der Waals surface area contributed by atoms with E-state index in [1.807, 2.05) is 54.6 Å². The molecule has 0 aliphatic heterocycles. The minimum atomic E-state index is -0.187. The summed E-state index contributed by atoms with van der Waals surface area (Å²) in [6.07, 6.45) is 2.06. The molecule has 0 atom stereocenters. The number of hydrogen-bond donors (Lipinski definition) is 1. The fourth-order valence-electron chi connectivity index (χ4n) is 3.57. The van der Waals surface area contributed by atoms with Gasteiger partial charge in [-0.15, -0.1) is 0 Å². The maximum absolute atomic E-state index is 12.8. The Morgan fingerprint density at radius 2 is 1.53 bits per heavy atom. The summed E-state index contributed by atoms with van der Waals surface area (Å²) in [6, 6.07) is 24.0. The smallest absolute Gasteiger partial charge is 0.260 e. The van der Waals surface area contributed by atoms with E-state index in [1.165, 1.54) is 0 Å². The molecular weight excluding hydrogens is 432 g/mol. The normalized spacial score (nSPS) is 12.5. The number of nitrogens with one attached hydrogen (secondary N) is 1. The lowest BCUT2D eigenvalue weighted by molar-refractivity contribution is -0.134. The van der Waals surface area contributed by atoms with E-state index in [2.05, 4.69) is 5.32 Å². The third-order valence-corrected chi connectivity index (χ3v) is 5.44. The number of carbonyl (C=O) groups is 2. The molecule has 176 valence electrons. The first kappa shape index (κ1) is 23.2. The van der Waals surface area contributed by atoms with Crippen LogP contribution < -0.4 is 19.5 Å². The van der Waals surface area contributed by atoms with Crippen LogP contribution in [-0.4, -0.2) is 43.0 Å². The van der Waals surface area contributed by atoms with Gasteiger partial charge in [-0.05, 0) is 49.2 Å². The average Bonchev–Trinajstić information content (AvgIpc) is 3.70. The molecule has 4 rings (SSSR count). The second kappa shape index (κ2) is 11.2. The third kappa shape index (κ3) is 6.28. The number of methoxy groups -OCH3 is 1. The lowest BCUT2D eigenvalue weighted by Crippen LogP contribution is -2.38. The van der Waals surface area contributed by atoms with Gasteiger partial charge < -0.3 is 24.4 Å². The molecule has 3 aromatic carbocycles. The van der Waals surface area contributed by atoms with Crippen LogP contribution in [0.15, 0.2) is 78.9 Å². The van der Waals surface area contributed by atoms with Gasteiger partial charge in [-0.2, -0.15) is 0 Å². The molecule has 0 aromatic heterocycles. The lowest BCUT2D eigenvalue weighted by Gasteiger charge is -2.22. The molecule has 3 aromatic rings. The Balaban J connectivity index is 1.32. The first-order valence-corrected chi connectivity index (χ1v) is 11.3. The van der Waals surface area contributed by atoms with Crippen molar-refractivity contribution in [1.29, 1.82) is 0 Å². The van der Waals surface area contributed by atoms with Crippen molar-refractivity contribution in [3.63, 3.8) is 0 Å². The van der Waals surface area contributed by atoms with Gasteiger partial charge in [0.2, 0.25) is 5.91 Å². The highest BCUT2D eigenvalue weighted by Gasteiger charge is 2.33. The number of carbonyl (C=O) groups excluding carboxylic acids is 2. The summed E-state index contributed by atoms with van der Waals surface area (Å²) in [4.78, 5) is 27.3. The van der Waals surface area contributed by atoms with Crippen LogP contribution in [0.3, 0.4) is 0 Å². The number of nitrogens with zero attached hydrogens (tertiary/aromatic N) is 1. The summed E-state index contributed by atoms with van der Waals surface area (Å²) >= 11 is 0. The number of rotatable bonds is 11. The summed E-state index contributed by atoms with van der Waals surface area (Å²) < 4.78 is 16.9. The van der Waals surface area contributed by atoms with Crippen molar-refractivity contribution >= 4 is 17.5 Å². The second-order valence-electron chi connectivity index (χ2n) is 7.97. The molecule has 1 fully saturated rings. The molecule has 7 heteroatoms. The first-order chi connectivity index (χ1) is 16.6. The van der Waals surface area contributed by atoms with E-state index in [0.717, 1.165) is 12.8 Å². The highest BCUT2D eigenvalue weighted by molar-refractivity contribution is 5.92. The van der Waals surface area contributed by atoms with Crippen molar-refractivity contribution in [3.05, 3.63) is 78.9 Å². The molecule has 34 heavy (non-hydrogen) atoms. The molecule has 2 amide bonds. The Bertz CT molecular complexity index is 1110. The first-order valence-electron chi connectivity index (χ1n) is 11.3. The van der Waals surface area contributed by atoms with Gasteiger partial charge in [0.15, 0.2) is 23.9 Å². The van der Waals surface area contributed by atoms with E-state index in [0.29, 0.717) is 35.2 Å². The molecule has 1 saturated carbocycles. The van der Waals surface area contributed by atoms with Gasteiger partial charge in [-0.25, -0.2) is 0 Å². The molecule has 1 aliphatic rings. The molecule has 0 bridgehead atoms. The van der Waals surface area contributed by atoms with Gasteiger partial charge in [0.1, 0.15) is 5.75 Å². The van der Waals surface area contributed by atoms with Gasteiger partial charge in [-0.1, -0.05) is 42.5 Å².